The van der Waals surface area contributed by atoms with Crippen molar-refractivity contribution >= 4 is 17.6 Å². The first-order valence-corrected chi connectivity index (χ1v) is 9.29. The van der Waals surface area contributed by atoms with Gasteiger partial charge in [-0.05, 0) is 48.4 Å². The van der Waals surface area contributed by atoms with E-state index in [-0.39, 0.29) is 0 Å². The first kappa shape index (κ1) is 19.7. The number of nitrogens with zero attached hydrogens (tertiary/aromatic N) is 4. The molecular weight excluding hydrogens is 376 g/mol. The van der Waals surface area contributed by atoms with Crippen LogP contribution in [0.1, 0.15) is 11.3 Å². The lowest BCUT2D eigenvalue weighted by Crippen LogP contribution is -2.38. The number of hydrogen-bond acceptors (Lipinski definition) is 4. The van der Waals surface area contributed by atoms with Crippen LogP contribution in [0.15, 0.2) is 59.9 Å². The lowest BCUT2D eigenvalue weighted by Gasteiger charge is -2.11. The largest absolute Gasteiger partial charge is 0.497 e. The highest BCUT2D eigenvalue weighted by atomic mass is 35.5. The monoisotopic (exact) mass is 398 g/mol. The van der Waals surface area contributed by atoms with Crippen molar-refractivity contribution in [1.29, 1.82) is 0 Å². The Balaban J connectivity index is 1.48. The summed E-state index contributed by atoms with van der Waals surface area (Å²) in [6.07, 6.45) is 4.55. The molecule has 0 bridgehead atoms. The van der Waals surface area contributed by atoms with Gasteiger partial charge in [-0.25, -0.2) is 9.67 Å². The standard InChI is InChI=1S/C20H23ClN6O/c1-22-20(23-11-9-15-3-8-19(21)24-13-15)25-14-16-10-12-27(26-16)17-4-6-18(28-2)7-5-17/h3-8,10,12-13H,9,11,14H2,1-2H3,(H2,22,23,25). The van der Waals surface area contributed by atoms with Crippen molar-refractivity contribution in [3.8, 4) is 11.4 Å². The average molecular weight is 399 g/mol. The highest BCUT2D eigenvalue weighted by Crippen LogP contribution is 2.14. The molecule has 0 aliphatic rings. The fourth-order valence-corrected chi connectivity index (χ4v) is 2.72. The zero-order valence-electron chi connectivity index (χ0n) is 15.9. The molecule has 7 nitrogen and oxygen atoms in total. The molecule has 3 rings (SSSR count). The van der Waals surface area contributed by atoms with E-state index in [0.29, 0.717) is 11.7 Å². The topological polar surface area (TPSA) is 76.4 Å². The van der Waals surface area contributed by atoms with Crippen molar-refractivity contribution in [2.75, 3.05) is 20.7 Å². The van der Waals surface area contributed by atoms with E-state index in [1.807, 2.05) is 47.3 Å². The lowest BCUT2D eigenvalue weighted by molar-refractivity contribution is 0.414. The molecule has 2 heterocycles. The van der Waals surface area contributed by atoms with Crippen LogP contribution in [0.25, 0.3) is 5.69 Å². The molecule has 0 saturated heterocycles. The Morgan fingerprint density at radius 3 is 2.64 bits per heavy atom. The fourth-order valence-electron chi connectivity index (χ4n) is 2.61. The molecule has 0 saturated carbocycles. The second-order valence-corrected chi connectivity index (χ2v) is 6.43. The van der Waals surface area contributed by atoms with Crippen LogP contribution in [-0.2, 0) is 13.0 Å². The van der Waals surface area contributed by atoms with E-state index in [1.54, 1.807) is 26.4 Å². The zero-order chi connectivity index (χ0) is 19.8. The molecule has 0 spiro atoms. The molecule has 0 aliphatic carbocycles. The summed E-state index contributed by atoms with van der Waals surface area (Å²) in [5.41, 5.74) is 3.01. The van der Waals surface area contributed by atoms with Gasteiger partial charge >= 0.3 is 0 Å². The average Bonchev–Trinajstić information content (AvgIpc) is 3.21. The second-order valence-electron chi connectivity index (χ2n) is 6.04. The number of pyridine rings is 1. The SMILES string of the molecule is CN=C(NCCc1ccc(Cl)nc1)NCc1ccn(-c2ccc(OC)cc2)n1. The number of aliphatic imine (C=N–C) groups is 1. The van der Waals surface area contributed by atoms with Crippen molar-refractivity contribution in [2.45, 2.75) is 13.0 Å². The highest BCUT2D eigenvalue weighted by Gasteiger charge is 2.04. The minimum atomic E-state index is 0.503. The summed E-state index contributed by atoms with van der Waals surface area (Å²) in [6.45, 7) is 1.31. The summed E-state index contributed by atoms with van der Waals surface area (Å²) in [5.74, 6) is 1.54. The van der Waals surface area contributed by atoms with E-state index in [9.17, 15) is 0 Å². The van der Waals surface area contributed by atoms with Gasteiger partial charge in [-0.15, -0.1) is 0 Å². The molecule has 0 radical (unpaired) electrons. The number of hydrogen-bond donors (Lipinski definition) is 2. The molecule has 146 valence electrons. The van der Waals surface area contributed by atoms with Gasteiger partial charge < -0.3 is 15.4 Å². The normalized spacial score (nSPS) is 11.3. The predicted octanol–water partition coefficient (Wildman–Crippen LogP) is 2.84. The van der Waals surface area contributed by atoms with E-state index < -0.39 is 0 Å². The molecule has 0 fully saturated rings. The maximum Gasteiger partial charge on any atom is 0.191 e. The Bertz CT molecular complexity index is 905. The Morgan fingerprint density at radius 2 is 1.96 bits per heavy atom. The number of halogens is 1. The number of aromatic nitrogens is 3. The number of rotatable bonds is 7. The summed E-state index contributed by atoms with van der Waals surface area (Å²) in [4.78, 5) is 8.33. The summed E-state index contributed by atoms with van der Waals surface area (Å²) >= 11 is 5.80. The van der Waals surface area contributed by atoms with Gasteiger partial charge in [0.1, 0.15) is 10.9 Å². The molecule has 0 unspecified atom stereocenters. The van der Waals surface area contributed by atoms with Crippen LogP contribution in [0.3, 0.4) is 0 Å². The first-order chi connectivity index (χ1) is 13.7. The minimum absolute atomic E-state index is 0.503. The molecule has 0 amide bonds. The minimum Gasteiger partial charge on any atom is -0.497 e. The Hall–Kier alpha value is -3.06. The van der Waals surface area contributed by atoms with E-state index in [2.05, 4.69) is 25.7 Å². The quantitative estimate of drug-likeness (QED) is 0.363. The molecular formula is C20H23ClN6O. The van der Waals surface area contributed by atoms with E-state index in [4.69, 9.17) is 16.3 Å². The predicted molar refractivity (Wildman–Crippen MR) is 111 cm³/mol. The van der Waals surface area contributed by atoms with Gasteiger partial charge in [0.05, 0.1) is 25.0 Å². The zero-order valence-corrected chi connectivity index (χ0v) is 16.6. The first-order valence-electron chi connectivity index (χ1n) is 8.92. The van der Waals surface area contributed by atoms with Crippen LogP contribution in [0.2, 0.25) is 5.15 Å². The third-order valence-corrected chi connectivity index (χ3v) is 4.36. The van der Waals surface area contributed by atoms with Crippen LogP contribution in [0, 0.1) is 0 Å². The second kappa shape index (κ2) is 9.75. The maximum absolute atomic E-state index is 5.80. The van der Waals surface area contributed by atoms with E-state index >= 15 is 0 Å². The molecule has 3 aromatic rings. The molecule has 28 heavy (non-hydrogen) atoms. The van der Waals surface area contributed by atoms with Crippen LogP contribution in [0.5, 0.6) is 5.75 Å². The summed E-state index contributed by atoms with van der Waals surface area (Å²) in [6, 6.07) is 13.5. The van der Waals surface area contributed by atoms with Crippen LogP contribution in [0.4, 0.5) is 0 Å². The maximum atomic E-state index is 5.80. The fraction of sp³-hybridized carbons (Fsp3) is 0.250. The third kappa shape index (κ3) is 5.47. The summed E-state index contributed by atoms with van der Waals surface area (Å²) in [5, 5.41) is 11.6. The van der Waals surface area contributed by atoms with E-state index in [0.717, 1.165) is 41.6 Å². The number of guanidine groups is 1. The number of nitrogens with one attached hydrogen (secondary N) is 2. The van der Waals surface area contributed by atoms with Crippen molar-refractivity contribution in [3.05, 3.63) is 71.3 Å². The van der Waals surface area contributed by atoms with Crippen molar-refractivity contribution < 1.29 is 4.74 Å². The Kier molecular flexibility index (Phi) is 6.86. The summed E-state index contributed by atoms with van der Waals surface area (Å²) < 4.78 is 7.02. The highest BCUT2D eigenvalue weighted by molar-refractivity contribution is 6.29. The van der Waals surface area contributed by atoms with E-state index in [1.165, 1.54) is 0 Å². The molecule has 0 aliphatic heterocycles. The van der Waals surface area contributed by atoms with Crippen molar-refractivity contribution in [1.82, 2.24) is 25.4 Å². The van der Waals surface area contributed by atoms with Gasteiger partial charge in [-0.3, -0.25) is 4.99 Å². The Morgan fingerprint density at radius 1 is 1.14 bits per heavy atom. The number of benzene rings is 1. The van der Waals surface area contributed by atoms with Gasteiger partial charge in [0.15, 0.2) is 5.96 Å². The molecule has 2 N–H and O–H groups in total. The van der Waals surface area contributed by atoms with Crippen molar-refractivity contribution in [2.24, 2.45) is 4.99 Å². The van der Waals surface area contributed by atoms with Gasteiger partial charge in [0.25, 0.3) is 0 Å². The Labute approximate surface area is 169 Å². The molecule has 1 aromatic carbocycles. The van der Waals surface area contributed by atoms with Crippen LogP contribution >= 0.6 is 11.6 Å². The van der Waals surface area contributed by atoms with Gasteiger partial charge in [0.2, 0.25) is 0 Å². The molecule has 8 heteroatoms. The number of methoxy groups -OCH3 is 1. The summed E-state index contributed by atoms with van der Waals surface area (Å²) in [7, 11) is 3.40. The smallest absolute Gasteiger partial charge is 0.191 e. The van der Waals surface area contributed by atoms with Gasteiger partial charge in [-0.1, -0.05) is 17.7 Å². The third-order valence-electron chi connectivity index (χ3n) is 4.14. The lowest BCUT2D eigenvalue weighted by atomic mass is 10.2. The van der Waals surface area contributed by atoms with Gasteiger partial charge in [0, 0.05) is 26.0 Å². The van der Waals surface area contributed by atoms with Crippen molar-refractivity contribution in [3.63, 3.8) is 0 Å². The molecule has 0 atom stereocenters. The van der Waals surface area contributed by atoms with Crippen LogP contribution in [-0.4, -0.2) is 41.4 Å². The molecule has 2 aromatic heterocycles. The number of ether oxygens (including phenoxy) is 1. The van der Waals surface area contributed by atoms with Crippen LogP contribution < -0.4 is 15.4 Å². The van der Waals surface area contributed by atoms with Gasteiger partial charge in [-0.2, -0.15) is 5.10 Å².